The highest BCUT2D eigenvalue weighted by Crippen LogP contribution is 1.94. The topological polar surface area (TPSA) is 52.7 Å². The Hall–Kier alpha value is -0.160. The zero-order valence-corrected chi connectivity index (χ0v) is 9.74. The van der Waals surface area contributed by atoms with E-state index < -0.39 is 0 Å². The molecule has 0 bridgehead atoms. The van der Waals surface area contributed by atoms with Crippen molar-refractivity contribution in [1.29, 1.82) is 0 Å². The first-order valence-corrected chi connectivity index (χ1v) is 5.26. The Balaban J connectivity index is 3.32. The summed E-state index contributed by atoms with van der Waals surface area (Å²) in [5, 5.41) is 8.75. The lowest BCUT2D eigenvalue weighted by molar-refractivity contribution is 0.236. The molecule has 0 fully saturated rings. The van der Waals surface area contributed by atoms with E-state index in [4.69, 9.17) is 10.8 Å². The Bertz CT molecular complexity index is 131. The highest BCUT2D eigenvalue weighted by atomic mass is 16.3. The van der Waals surface area contributed by atoms with Crippen molar-refractivity contribution in [1.82, 2.24) is 9.80 Å². The molecule has 4 nitrogen and oxygen atoms in total. The molecule has 0 heterocycles. The van der Waals surface area contributed by atoms with Crippen LogP contribution in [0.1, 0.15) is 12.8 Å². The van der Waals surface area contributed by atoms with E-state index in [1.54, 1.807) is 0 Å². The lowest BCUT2D eigenvalue weighted by Crippen LogP contribution is -2.31. The zero-order valence-electron chi connectivity index (χ0n) is 9.74. The van der Waals surface area contributed by atoms with Crippen molar-refractivity contribution in [3.05, 3.63) is 0 Å². The monoisotopic (exact) mass is 203 g/mol. The van der Waals surface area contributed by atoms with Crippen LogP contribution in [0, 0.1) is 0 Å². The maximum Gasteiger partial charge on any atom is 0.0583 e. The van der Waals surface area contributed by atoms with Crippen LogP contribution < -0.4 is 5.73 Å². The maximum atomic E-state index is 8.75. The smallest absolute Gasteiger partial charge is 0.0583 e. The minimum atomic E-state index is -0.0636. The van der Waals surface area contributed by atoms with E-state index in [2.05, 4.69) is 30.9 Å². The van der Waals surface area contributed by atoms with E-state index in [1.165, 1.54) is 6.42 Å². The van der Waals surface area contributed by atoms with Crippen LogP contribution in [-0.4, -0.2) is 68.3 Å². The van der Waals surface area contributed by atoms with Crippen LogP contribution in [0.2, 0.25) is 0 Å². The van der Waals surface area contributed by atoms with Gasteiger partial charge in [0.2, 0.25) is 0 Å². The Kier molecular flexibility index (Phi) is 8.08. The van der Waals surface area contributed by atoms with Crippen molar-refractivity contribution in [2.45, 2.75) is 18.9 Å². The Morgan fingerprint density at radius 1 is 1.14 bits per heavy atom. The van der Waals surface area contributed by atoms with Crippen molar-refractivity contribution < 1.29 is 5.11 Å². The van der Waals surface area contributed by atoms with Gasteiger partial charge in [0.05, 0.1) is 6.61 Å². The van der Waals surface area contributed by atoms with E-state index >= 15 is 0 Å². The molecule has 0 radical (unpaired) electrons. The first kappa shape index (κ1) is 13.8. The van der Waals surface area contributed by atoms with E-state index in [0.717, 1.165) is 26.1 Å². The fourth-order valence-electron chi connectivity index (χ4n) is 1.25. The first-order valence-electron chi connectivity index (χ1n) is 5.26. The summed E-state index contributed by atoms with van der Waals surface area (Å²) in [5.41, 5.74) is 5.61. The van der Waals surface area contributed by atoms with Gasteiger partial charge < -0.3 is 20.6 Å². The summed E-state index contributed by atoms with van der Waals surface area (Å²) in [6, 6.07) is -0.0636. The van der Waals surface area contributed by atoms with Crippen molar-refractivity contribution >= 4 is 0 Å². The summed E-state index contributed by atoms with van der Waals surface area (Å²) in [6.07, 6.45) is 2.05. The van der Waals surface area contributed by atoms with Crippen LogP contribution in [-0.2, 0) is 0 Å². The lowest BCUT2D eigenvalue weighted by Gasteiger charge is -2.19. The molecule has 0 aliphatic heterocycles. The summed E-state index contributed by atoms with van der Waals surface area (Å²) in [6.45, 7) is 3.27. The average Bonchev–Trinajstić information content (AvgIpc) is 2.13. The minimum Gasteiger partial charge on any atom is -0.395 e. The van der Waals surface area contributed by atoms with Crippen molar-refractivity contribution in [2.75, 3.05) is 47.4 Å². The first-order chi connectivity index (χ1) is 6.56. The van der Waals surface area contributed by atoms with Crippen LogP contribution in [0.3, 0.4) is 0 Å². The molecule has 0 aliphatic carbocycles. The van der Waals surface area contributed by atoms with Gasteiger partial charge in [0, 0.05) is 6.04 Å². The van der Waals surface area contributed by atoms with Gasteiger partial charge in [0.15, 0.2) is 0 Å². The number of aliphatic hydroxyl groups excluding tert-OH is 1. The second-order valence-corrected chi connectivity index (χ2v) is 4.19. The molecule has 0 saturated heterocycles. The molecule has 1 atom stereocenters. The third-order valence-corrected chi connectivity index (χ3v) is 2.26. The fourth-order valence-corrected chi connectivity index (χ4v) is 1.25. The molecule has 4 heteroatoms. The molecule has 0 aromatic rings. The second kappa shape index (κ2) is 8.17. The van der Waals surface area contributed by atoms with Gasteiger partial charge in [-0.25, -0.2) is 0 Å². The van der Waals surface area contributed by atoms with Crippen LogP contribution in [0.5, 0.6) is 0 Å². The van der Waals surface area contributed by atoms with Crippen LogP contribution in [0.4, 0.5) is 0 Å². The molecule has 0 saturated carbocycles. The van der Waals surface area contributed by atoms with Gasteiger partial charge in [-0.1, -0.05) is 0 Å². The number of hydrogen-bond acceptors (Lipinski definition) is 4. The molecular weight excluding hydrogens is 178 g/mol. The molecule has 0 aromatic carbocycles. The average molecular weight is 203 g/mol. The fraction of sp³-hybridized carbons (Fsp3) is 1.00. The normalized spacial score (nSPS) is 13.9. The van der Waals surface area contributed by atoms with Crippen LogP contribution in [0.25, 0.3) is 0 Å². The summed E-state index contributed by atoms with van der Waals surface area (Å²) in [7, 11) is 6.27. The third kappa shape index (κ3) is 8.44. The summed E-state index contributed by atoms with van der Waals surface area (Å²) >= 11 is 0. The number of nitrogens with two attached hydrogens (primary N) is 1. The maximum absolute atomic E-state index is 8.75. The van der Waals surface area contributed by atoms with E-state index in [-0.39, 0.29) is 12.6 Å². The Morgan fingerprint density at radius 3 is 2.29 bits per heavy atom. The third-order valence-electron chi connectivity index (χ3n) is 2.26. The number of nitrogens with zero attached hydrogens (tertiary/aromatic N) is 2. The molecular formula is C10H25N3O. The van der Waals surface area contributed by atoms with Gasteiger partial charge in [-0.05, 0) is 53.6 Å². The van der Waals surface area contributed by atoms with Crippen molar-refractivity contribution in [3.63, 3.8) is 0 Å². The summed E-state index contributed by atoms with van der Waals surface area (Å²) < 4.78 is 0. The van der Waals surface area contributed by atoms with E-state index in [1.807, 2.05) is 0 Å². The molecule has 0 spiro atoms. The quantitative estimate of drug-likeness (QED) is 0.562. The van der Waals surface area contributed by atoms with Gasteiger partial charge in [-0.3, -0.25) is 0 Å². The standard InChI is InChI=1S/C10H25N3O/c1-12(2)6-4-7-13(3)8-5-10(11)9-14/h10,14H,4-9,11H2,1-3H3. The highest BCUT2D eigenvalue weighted by molar-refractivity contribution is 4.62. The van der Waals surface area contributed by atoms with Gasteiger partial charge in [-0.2, -0.15) is 0 Å². The molecule has 1 unspecified atom stereocenters. The predicted molar refractivity (Wildman–Crippen MR) is 60.3 cm³/mol. The van der Waals surface area contributed by atoms with Gasteiger partial charge in [0.25, 0.3) is 0 Å². The molecule has 0 rings (SSSR count). The second-order valence-electron chi connectivity index (χ2n) is 4.19. The van der Waals surface area contributed by atoms with Gasteiger partial charge in [0.1, 0.15) is 0 Å². The van der Waals surface area contributed by atoms with Crippen LogP contribution >= 0.6 is 0 Å². The molecule has 14 heavy (non-hydrogen) atoms. The number of hydrogen-bond donors (Lipinski definition) is 2. The van der Waals surface area contributed by atoms with E-state index in [0.29, 0.717) is 0 Å². The minimum absolute atomic E-state index is 0.0636. The molecule has 0 aliphatic rings. The molecule has 86 valence electrons. The largest absolute Gasteiger partial charge is 0.395 e. The zero-order chi connectivity index (χ0) is 11.0. The Labute approximate surface area is 87.7 Å². The summed E-state index contributed by atoms with van der Waals surface area (Å²) in [5.74, 6) is 0. The predicted octanol–water partition coefficient (Wildman–Crippen LogP) is -0.420. The highest BCUT2D eigenvalue weighted by Gasteiger charge is 2.03. The molecule has 0 amide bonds. The van der Waals surface area contributed by atoms with Gasteiger partial charge in [-0.15, -0.1) is 0 Å². The summed E-state index contributed by atoms with van der Waals surface area (Å²) in [4.78, 5) is 4.45. The molecule has 0 aromatic heterocycles. The Morgan fingerprint density at radius 2 is 1.79 bits per heavy atom. The lowest BCUT2D eigenvalue weighted by atomic mass is 10.2. The molecule has 3 N–H and O–H groups in total. The van der Waals surface area contributed by atoms with E-state index in [9.17, 15) is 0 Å². The van der Waals surface area contributed by atoms with Crippen LogP contribution in [0.15, 0.2) is 0 Å². The number of aliphatic hydroxyl groups is 1. The van der Waals surface area contributed by atoms with Crippen molar-refractivity contribution in [3.8, 4) is 0 Å². The number of rotatable bonds is 8. The SMILES string of the molecule is CN(C)CCCN(C)CCC(N)CO. The van der Waals surface area contributed by atoms with Crippen molar-refractivity contribution in [2.24, 2.45) is 5.73 Å². The van der Waals surface area contributed by atoms with Gasteiger partial charge >= 0.3 is 0 Å².